The van der Waals surface area contributed by atoms with E-state index in [1.165, 1.54) is 18.3 Å². The molecule has 0 amide bonds. The van der Waals surface area contributed by atoms with Gasteiger partial charge in [0.05, 0.1) is 16.3 Å². The van der Waals surface area contributed by atoms with E-state index >= 15 is 0 Å². The Morgan fingerprint density at radius 2 is 1.77 bits per heavy atom. The highest BCUT2D eigenvalue weighted by molar-refractivity contribution is 6.33. The molecule has 0 aliphatic heterocycles. The summed E-state index contributed by atoms with van der Waals surface area (Å²) in [6, 6.07) is 8.28. The van der Waals surface area contributed by atoms with Crippen molar-refractivity contribution < 1.29 is 13.2 Å². The van der Waals surface area contributed by atoms with E-state index in [9.17, 15) is 13.2 Å². The van der Waals surface area contributed by atoms with Crippen LogP contribution in [0.3, 0.4) is 0 Å². The molecule has 1 aromatic carbocycles. The van der Waals surface area contributed by atoms with Gasteiger partial charge < -0.3 is 10.6 Å². The van der Waals surface area contributed by atoms with E-state index in [-0.39, 0.29) is 10.7 Å². The van der Waals surface area contributed by atoms with Gasteiger partial charge in [0.2, 0.25) is 5.95 Å². The average molecular weight is 380 g/mol. The summed E-state index contributed by atoms with van der Waals surface area (Å²) in [6.07, 6.45) is 0.382. The van der Waals surface area contributed by atoms with Gasteiger partial charge in [-0.05, 0) is 42.0 Å². The molecule has 5 nitrogen and oxygen atoms in total. The van der Waals surface area contributed by atoms with Crippen molar-refractivity contribution in [3.05, 3.63) is 71.1 Å². The summed E-state index contributed by atoms with van der Waals surface area (Å²) in [6.45, 7) is 0.482. The van der Waals surface area contributed by atoms with E-state index in [0.717, 1.165) is 17.7 Å². The maximum absolute atomic E-state index is 12.9. The van der Waals surface area contributed by atoms with E-state index in [4.69, 9.17) is 11.6 Å². The van der Waals surface area contributed by atoms with Gasteiger partial charge >= 0.3 is 6.18 Å². The number of nitrogens with zero attached hydrogens (tertiary/aromatic N) is 3. The van der Waals surface area contributed by atoms with Crippen molar-refractivity contribution in [2.24, 2.45) is 0 Å². The Balaban J connectivity index is 1.75. The first-order chi connectivity index (χ1) is 12.4. The van der Waals surface area contributed by atoms with Gasteiger partial charge in [-0.15, -0.1) is 0 Å². The van der Waals surface area contributed by atoms with Crippen LogP contribution in [0.5, 0.6) is 0 Å². The van der Waals surface area contributed by atoms with Crippen molar-refractivity contribution >= 4 is 29.1 Å². The number of hydrogen-bond acceptors (Lipinski definition) is 5. The molecule has 0 spiro atoms. The molecule has 0 saturated heterocycles. The molecule has 0 unspecified atom stereocenters. The quantitative estimate of drug-likeness (QED) is 0.660. The molecule has 3 aromatic rings. The third-order valence-electron chi connectivity index (χ3n) is 3.41. The summed E-state index contributed by atoms with van der Waals surface area (Å²) in [5, 5.41) is 5.98. The average Bonchev–Trinajstić information content (AvgIpc) is 2.62. The van der Waals surface area contributed by atoms with Gasteiger partial charge in [-0.25, -0.2) is 4.98 Å². The lowest BCUT2D eigenvalue weighted by Gasteiger charge is -2.12. The Kier molecular flexibility index (Phi) is 5.22. The summed E-state index contributed by atoms with van der Waals surface area (Å²) >= 11 is 5.98. The van der Waals surface area contributed by atoms with Crippen molar-refractivity contribution in [1.29, 1.82) is 0 Å². The van der Waals surface area contributed by atoms with Crippen LogP contribution in [0, 0.1) is 0 Å². The van der Waals surface area contributed by atoms with E-state index in [1.54, 1.807) is 12.4 Å². The van der Waals surface area contributed by atoms with Gasteiger partial charge in [0.25, 0.3) is 0 Å². The zero-order valence-corrected chi connectivity index (χ0v) is 14.0. The van der Waals surface area contributed by atoms with Gasteiger partial charge in [-0.1, -0.05) is 11.6 Å². The minimum absolute atomic E-state index is 0.111. The third kappa shape index (κ3) is 4.60. The van der Waals surface area contributed by atoms with Gasteiger partial charge in [-0.2, -0.15) is 18.2 Å². The van der Waals surface area contributed by atoms with Crippen molar-refractivity contribution in [2.45, 2.75) is 12.7 Å². The number of hydrogen-bond donors (Lipinski definition) is 2. The molecule has 3 rings (SSSR count). The molecule has 134 valence electrons. The van der Waals surface area contributed by atoms with Crippen LogP contribution in [0.25, 0.3) is 0 Å². The van der Waals surface area contributed by atoms with Crippen LogP contribution in [0.15, 0.2) is 55.0 Å². The van der Waals surface area contributed by atoms with Crippen LogP contribution in [0.4, 0.5) is 30.6 Å². The second-order valence-electron chi connectivity index (χ2n) is 5.29. The molecular formula is C17H13ClF3N5. The Labute approximate surface area is 152 Å². The highest BCUT2D eigenvalue weighted by Gasteiger charge is 2.31. The van der Waals surface area contributed by atoms with Crippen LogP contribution in [-0.2, 0) is 12.7 Å². The second-order valence-corrected chi connectivity index (χ2v) is 5.70. The summed E-state index contributed by atoms with van der Waals surface area (Å²) in [5.41, 5.74) is 0.303. The lowest BCUT2D eigenvalue weighted by Crippen LogP contribution is -2.07. The molecule has 0 fully saturated rings. The Morgan fingerprint density at radius 1 is 1.00 bits per heavy atom. The monoisotopic (exact) mass is 379 g/mol. The first-order valence-corrected chi connectivity index (χ1v) is 7.89. The van der Waals surface area contributed by atoms with Gasteiger partial charge in [0.15, 0.2) is 0 Å². The Hall–Kier alpha value is -2.87. The van der Waals surface area contributed by atoms with Crippen molar-refractivity contribution in [3.63, 3.8) is 0 Å². The van der Waals surface area contributed by atoms with Crippen LogP contribution >= 0.6 is 11.6 Å². The number of rotatable bonds is 5. The minimum Gasteiger partial charge on any atom is -0.350 e. The lowest BCUT2D eigenvalue weighted by atomic mass is 10.2. The largest absolute Gasteiger partial charge is 0.416 e. The van der Waals surface area contributed by atoms with E-state index in [1.807, 2.05) is 12.1 Å². The fourth-order valence-electron chi connectivity index (χ4n) is 2.13. The molecule has 26 heavy (non-hydrogen) atoms. The normalized spacial score (nSPS) is 11.2. The summed E-state index contributed by atoms with van der Waals surface area (Å²) < 4.78 is 38.6. The molecule has 0 bridgehead atoms. The summed E-state index contributed by atoms with van der Waals surface area (Å²) in [4.78, 5) is 12.2. The van der Waals surface area contributed by atoms with Crippen LogP contribution in [-0.4, -0.2) is 15.0 Å². The van der Waals surface area contributed by atoms with E-state index < -0.39 is 11.7 Å². The van der Waals surface area contributed by atoms with E-state index in [0.29, 0.717) is 18.3 Å². The number of aromatic nitrogens is 3. The maximum Gasteiger partial charge on any atom is 0.416 e. The van der Waals surface area contributed by atoms with Gasteiger partial charge in [0.1, 0.15) is 5.82 Å². The molecule has 0 saturated carbocycles. The molecule has 2 N–H and O–H groups in total. The van der Waals surface area contributed by atoms with Crippen molar-refractivity contribution in [3.8, 4) is 0 Å². The molecule has 0 atom stereocenters. The van der Waals surface area contributed by atoms with Crippen LogP contribution in [0.2, 0.25) is 5.02 Å². The molecule has 2 aromatic heterocycles. The topological polar surface area (TPSA) is 62.7 Å². The fourth-order valence-corrected chi connectivity index (χ4v) is 2.30. The second kappa shape index (κ2) is 7.57. The zero-order valence-electron chi connectivity index (χ0n) is 13.3. The minimum atomic E-state index is -4.45. The molecule has 0 aliphatic rings. The predicted molar refractivity (Wildman–Crippen MR) is 93.3 cm³/mol. The number of anilines is 3. The molecule has 0 aliphatic carbocycles. The number of nitrogens with one attached hydrogen (secondary N) is 2. The first kappa shape index (κ1) is 17.9. The fraction of sp³-hybridized carbons (Fsp3) is 0.118. The number of halogens is 4. The third-order valence-corrected chi connectivity index (χ3v) is 3.74. The maximum atomic E-state index is 12.9. The van der Waals surface area contributed by atoms with Gasteiger partial charge in [-0.3, -0.25) is 4.98 Å². The Morgan fingerprint density at radius 3 is 2.50 bits per heavy atom. The molecular weight excluding hydrogens is 367 g/mol. The van der Waals surface area contributed by atoms with E-state index in [2.05, 4.69) is 25.6 Å². The van der Waals surface area contributed by atoms with Crippen LogP contribution in [0.1, 0.15) is 11.1 Å². The lowest BCUT2D eigenvalue weighted by molar-refractivity contribution is -0.137. The SMILES string of the molecule is FC(F)(F)c1ccc(Cl)c(Nc2ccnc(NCc3ccncc3)n2)c1. The molecule has 0 radical (unpaired) electrons. The standard InChI is InChI=1S/C17H13ClF3N5/c18-13-2-1-12(17(19,20)21)9-14(13)25-15-5-8-23-16(26-15)24-10-11-3-6-22-7-4-11/h1-9H,10H2,(H2,23,24,25,26). The number of benzene rings is 1. The smallest absolute Gasteiger partial charge is 0.350 e. The highest BCUT2D eigenvalue weighted by Crippen LogP contribution is 2.34. The highest BCUT2D eigenvalue weighted by atomic mass is 35.5. The van der Waals surface area contributed by atoms with Crippen LogP contribution < -0.4 is 10.6 Å². The van der Waals surface area contributed by atoms with Gasteiger partial charge in [0, 0.05) is 25.1 Å². The summed E-state index contributed by atoms with van der Waals surface area (Å²) in [7, 11) is 0. The predicted octanol–water partition coefficient (Wildman–Crippen LogP) is 4.90. The van der Waals surface area contributed by atoms with Crippen molar-refractivity contribution in [2.75, 3.05) is 10.6 Å². The molecule has 9 heteroatoms. The zero-order chi connectivity index (χ0) is 18.6. The number of alkyl halides is 3. The summed E-state index contributed by atoms with van der Waals surface area (Å²) in [5.74, 6) is 0.647. The molecule has 2 heterocycles. The van der Waals surface area contributed by atoms with Crippen molar-refractivity contribution in [1.82, 2.24) is 15.0 Å². The first-order valence-electron chi connectivity index (χ1n) is 7.51. The Bertz CT molecular complexity index is 887. The number of pyridine rings is 1.